The summed E-state index contributed by atoms with van der Waals surface area (Å²) in [5, 5.41) is 14.9. The summed E-state index contributed by atoms with van der Waals surface area (Å²) in [6.07, 6.45) is 4.52. The van der Waals surface area contributed by atoms with E-state index in [9.17, 15) is 5.11 Å². The third kappa shape index (κ3) is 4.34. The van der Waals surface area contributed by atoms with Gasteiger partial charge in [0.25, 0.3) is 0 Å². The molecular weight excluding hydrogens is 392 g/mol. The number of hydrogen-bond donors (Lipinski definition) is 1. The van der Waals surface area contributed by atoms with Crippen LogP contribution in [0.4, 0.5) is 0 Å². The summed E-state index contributed by atoms with van der Waals surface area (Å²) in [7, 11) is 0. The van der Waals surface area contributed by atoms with Gasteiger partial charge >= 0.3 is 0 Å². The monoisotopic (exact) mass is 420 g/mol. The van der Waals surface area contributed by atoms with Crippen molar-refractivity contribution >= 4 is 0 Å². The van der Waals surface area contributed by atoms with E-state index in [1.54, 1.807) is 12.4 Å². The van der Waals surface area contributed by atoms with Gasteiger partial charge in [-0.2, -0.15) is 0 Å². The molecule has 3 aromatic rings. The molecule has 5 rings (SSSR count). The predicted octanol–water partition coefficient (Wildman–Crippen LogP) is 3.40. The molecule has 1 saturated carbocycles. The Hall–Kier alpha value is -2.77. The Morgan fingerprint density at radius 3 is 2.77 bits per heavy atom. The Kier molecular flexibility index (Phi) is 5.46. The number of aromatic nitrogens is 3. The minimum atomic E-state index is -0.454. The number of hydrogen-bond acceptors (Lipinski definition) is 7. The number of rotatable bonds is 5. The van der Waals surface area contributed by atoms with E-state index in [2.05, 4.69) is 20.0 Å². The minimum absolute atomic E-state index is 0.188. The predicted molar refractivity (Wildman–Crippen MR) is 115 cm³/mol. The van der Waals surface area contributed by atoms with Gasteiger partial charge in [-0.3, -0.25) is 14.9 Å². The highest BCUT2D eigenvalue weighted by Gasteiger charge is 2.43. The van der Waals surface area contributed by atoms with E-state index in [1.165, 1.54) is 0 Å². The molecule has 31 heavy (non-hydrogen) atoms. The van der Waals surface area contributed by atoms with Gasteiger partial charge in [-0.05, 0) is 62.8 Å². The summed E-state index contributed by atoms with van der Waals surface area (Å²) in [5.41, 5.74) is 3.61. The highest BCUT2D eigenvalue weighted by Crippen LogP contribution is 2.39. The molecule has 0 amide bonds. The molecule has 1 saturated heterocycles. The van der Waals surface area contributed by atoms with E-state index < -0.39 is 6.10 Å². The van der Waals surface area contributed by atoms with Gasteiger partial charge in [-0.1, -0.05) is 5.16 Å². The summed E-state index contributed by atoms with van der Waals surface area (Å²) in [4.78, 5) is 11.0. The molecule has 7 nitrogen and oxygen atoms in total. The van der Waals surface area contributed by atoms with Crippen LogP contribution in [0.15, 0.2) is 47.2 Å². The summed E-state index contributed by atoms with van der Waals surface area (Å²) in [6, 6.07) is 9.78. The van der Waals surface area contributed by atoms with Crippen LogP contribution in [0.3, 0.4) is 0 Å². The van der Waals surface area contributed by atoms with Crippen molar-refractivity contribution in [3.05, 3.63) is 59.9 Å². The van der Waals surface area contributed by atoms with Gasteiger partial charge in [0.05, 0.1) is 18.3 Å². The largest absolute Gasteiger partial charge is 0.486 e. The molecule has 0 bridgehead atoms. The summed E-state index contributed by atoms with van der Waals surface area (Å²) in [5.74, 6) is 2.61. The number of fused-ring (bicyclic) bond motifs is 1. The molecule has 1 aliphatic carbocycles. The number of aliphatic hydroxyl groups is 1. The summed E-state index contributed by atoms with van der Waals surface area (Å²) >= 11 is 0. The molecule has 1 aliphatic heterocycles. The molecule has 2 fully saturated rings. The van der Waals surface area contributed by atoms with Crippen LogP contribution in [0.5, 0.6) is 5.75 Å². The van der Waals surface area contributed by atoms with Crippen molar-refractivity contribution < 1.29 is 14.4 Å². The molecule has 3 aromatic heterocycles. The maximum atomic E-state index is 10.7. The van der Waals surface area contributed by atoms with Crippen LogP contribution in [0.25, 0.3) is 11.3 Å². The van der Waals surface area contributed by atoms with Gasteiger partial charge in [0.15, 0.2) is 5.76 Å². The first-order valence-corrected chi connectivity index (χ1v) is 10.9. The Morgan fingerprint density at radius 1 is 1.16 bits per heavy atom. The van der Waals surface area contributed by atoms with E-state index >= 15 is 0 Å². The van der Waals surface area contributed by atoms with Gasteiger partial charge in [0, 0.05) is 42.8 Å². The molecule has 0 aromatic carbocycles. The second-order valence-corrected chi connectivity index (χ2v) is 8.87. The zero-order valence-electron chi connectivity index (χ0n) is 17.9. The summed E-state index contributed by atoms with van der Waals surface area (Å²) in [6.45, 7) is 6.59. The van der Waals surface area contributed by atoms with Crippen molar-refractivity contribution in [2.75, 3.05) is 13.1 Å². The first-order valence-electron chi connectivity index (χ1n) is 10.9. The van der Waals surface area contributed by atoms with E-state index in [4.69, 9.17) is 9.26 Å². The van der Waals surface area contributed by atoms with E-state index in [-0.39, 0.29) is 6.10 Å². The minimum Gasteiger partial charge on any atom is -0.486 e. The number of pyridine rings is 2. The first-order chi connectivity index (χ1) is 15.0. The lowest BCUT2D eigenvalue weighted by Gasteiger charge is -2.35. The standard InChI is InChI=1S/C24H28N4O3/c1-15-5-6-23(16(2)26-15)30-24-9-19-13-28(12-18(19)8-22(24)29)14-20-10-21(27-31-20)17-4-3-7-25-11-17/h3-7,10-11,18-19,22,24,29H,8-9,12-14H2,1-2H3/t18-,19+,22+,24+/m0/s1. The smallest absolute Gasteiger partial charge is 0.151 e. The van der Waals surface area contributed by atoms with Crippen molar-refractivity contribution in [1.29, 1.82) is 0 Å². The molecular formula is C24H28N4O3. The van der Waals surface area contributed by atoms with Crippen molar-refractivity contribution in [2.45, 2.75) is 45.4 Å². The molecule has 0 unspecified atom stereocenters. The molecule has 0 spiro atoms. The first kappa shape index (κ1) is 20.2. The summed E-state index contributed by atoms with van der Waals surface area (Å²) < 4.78 is 11.8. The number of ether oxygens (including phenoxy) is 1. The molecule has 4 heterocycles. The quantitative estimate of drug-likeness (QED) is 0.677. The van der Waals surface area contributed by atoms with Crippen LogP contribution in [0.2, 0.25) is 0 Å². The fourth-order valence-corrected chi connectivity index (χ4v) is 4.96. The molecule has 2 aliphatic rings. The average molecular weight is 421 g/mol. The zero-order valence-corrected chi connectivity index (χ0v) is 17.9. The second-order valence-electron chi connectivity index (χ2n) is 8.87. The lowest BCUT2D eigenvalue weighted by atomic mass is 9.78. The van der Waals surface area contributed by atoms with Gasteiger partial charge < -0.3 is 14.4 Å². The fraction of sp³-hybridized carbons (Fsp3) is 0.458. The third-order valence-electron chi connectivity index (χ3n) is 6.51. The Labute approximate surface area is 182 Å². The van der Waals surface area contributed by atoms with Crippen LogP contribution < -0.4 is 4.74 Å². The van der Waals surface area contributed by atoms with Crippen molar-refractivity contribution in [3.63, 3.8) is 0 Å². The zero-order chi connectivity index (χ0) is 21.4. The maximum Gasteiger partial charge on any atom is 0.151 e. The second kappa shape index (κ2) is 8.40. The van der Waals surface area contributed by atoms with E-state index in [0.717, 1.165) is 66.6 Å². The van der Waals surface area contributed by atoms with Crippen LogP contribution in [-0.4, -0.2) is 50.4 Å². The third-order valence-corrected chi connectivity index (χ3v) is 6.51. The topological polar surface area (TPSA) is 84.5 Å². The Balaban J connectivity index is 1.21. The highest BCUT2D eigenvalue weighted by atomic mass is 16.5. The number of nitrogens with zero attached hydrogens (tertiary/aromatic N) is 4. The molecule has 162 valence electrons. The van der Waals surface area contributed by atoms with Gasteiger partial charge in [-0.15, -0.1) is 0 Å². The normalized spacial score (nSPS) is 26.0. The van der Waals surface area contributed by atoms with Crippen LogP contribution in [-0.2, 0) is 6.54 Å². The molecule has 4 atom stereocenters. The van der Waals surface area contributed by atoms with Gasteiger partial charge in [0.1, 0.15) is 17.5 Å². The van der Waals surface area contributed by atoms with Gasteiger partial charge in [-0.25, -0.2) is 0 Å². The highest BCUT2D eigenvalue weighted by molar-refractivity contribution is 5.57. The number of likely N-dealkylation sites (tertiary alicyclic amines) is 1. The lowest BCUT2D eigenvalue weighted by molar-refractivity contribution is -0.0236. The van der Waals surface area contributed by atoms with E-state index in [1.807, 2.05) is 44.2 Å². The Morgan fingerprint density at radius 2 is 2.00 bits per heavy atom. The van der Waals surface area contributed by atoms with Crippen molar-refractivity contribution in [1.82, 2.24) is 20.0 Å². The lowest BCUT2D eigenvalue weighted by Crippen LogP contribution is -2.42. The van der Waals surface area contributed by atoms with Crippen LogP contribution >= 0.6 is 0 Å². The molecule has 0 radical (unpaired) electrons. The van der Waals surface area contributed by atoms with Crippen molar-refractivity contribution in [2.24, 2.45) is 11.8 Å². The SMILES string of the molecule is Cc1ccc(O[C@@H]2C[C@@H]3CN(Cc4cc(-c5cccnc5)no4)C[C@@H]3C[C@H]2O)c(C)n1. The molecule has 7 heteroatoms. The van der Waals surface area contributed by atoms with Crippen LogP contribution in [0.1, 0.15) is 30.0 Å². The maximum absolute atomic E-state index is 10.7. The van der Waals surface area contributed by atoms with Crippen LogP contribution in [0, 0.1) is 25.7 Å². The fourth-order valence-electron chi connectivity index (χ4n) is 4.96. The van der Waals surface area contributed by atoms with Crippen molar-refractivity contribution in [3.8, 4) is 17.0 Å². The van der Waals surface area contributed by atoms with Gasteiger partial charge in [0.2, 0.25) is 0 Å². The Bertz CT molecular complexity index is 1040. The van der Waals surface area contributed by atoms with E-state index in [0.29, 0.717) is 11.8 Å². The average Bonchev–Trinajstić information content (AvgIpc) is 3.37. The number of aryl methyl sites for hydroxylation is 2. The number of aliphatic hydroxyl groups excluding tert-OH is 1. The molecule has 1 N–H and O–H groups in total.